The third-order valence-electron chi connectivity index (χ3n) is 4.41. The van der Waals surface area contributed by atoms with Crippen LogP contribution in [0.3, 0.4) is 0 Å². The normalized spacial score (nSPS) is 24.0. The highest BCUT2D eigenvalue weighted by molar-refractivity contribution is 7.15. The van der Waals surface area contributed by atoms with E-state index in [2.05, 4.69) is 15.5 Å². The van der Waals surface area contributed by atoms with Gasteiger partial charge in [-0.25, -0.2) is 0 Å². The Kier molecular flexibility index (Phi) is 4.70. The topological polar surface area (TPSA) is 92.3 Å². The fourth-order valence-corrected chi connectivity index (χ4v) is 4.17. The number of hydrogen-bond donors (Lipinski definition) is 1. The summed E-state index contributed by atoms with van der Waals surface area (Å²) < 4.78 is 0. The zero-order valence-electron chi connectivity index (χ0n) is 13.1. The Balaban J connectivity index is 1.60. The zero-order valence-corrected chi connectivity index (χ0v) is 13.9. The first-order chi connectivity index (χ1) is 11.1. The number of nitrogens with zero attached hydrogens (tertiary/aromatic N) is 3. The van der Waals surface area contributed by atoms with Gasteiger partial charge in [0.1, 0.15) is 11.6 Å². The Labute approximate surface area is 138 Å². The summed E-state index contributed by atoms with van der Waals surface area (Å²) in [6.07, 6.45) is 5.24. The highest BCUT2D eigenvalue weighted by Gasteiger charge is 2.48. The number of anilines is 1. The van der Waals surface area contributed by atoms with Crippen molar-refractivity contribution in [3.63, 3.8) is 0 Å². The van der Waals surface area contributed by atoms with E-state index in [-0.39, 0.29) is 30.2 Å². The lowest BCUT2D eigenvalue weighted by molar-refractivity contribution is -0.142. The molecular weight excluding hydrogens is 316 g/mol. The number of hydrogen-bond acceptors (Lipinski definition) is 6. The summed E-state index contributed by atoms with van der Waals surface area (Å²) in [7, 11) is 0. The molecule has 2 heterocycles. The van der Waals surface area contributed by atoms with Crippen LogP contribution in [0.15, 0.2) is 0 Å². The standard InChI is InChI=1S/C15H20N4O3S/c1-2-5-12-17-18-15(23-12)16-11(20)8-19-13(21)9-6-3-4-7-10(9)14(19)22/h9-10H,2-8H2,1H3,(H,16,18,20)/t9-,10-/m1/s1. The average molecular weight is 336 g/mol. The third kappa shape index (κ3) is 3.26. The Hall–Kier alpha value is -1.83. The van der Waals surface area contributed by atoms with E-state index in [1.807, 2.05) is 6.92 Å². The highest BCUT2D eigenvalue weighted by Crippen LogP contribution is 2.37. The van der Waals surface area contributed by atoms with Gasteiger partial charge in [-0.05, 0) is 19.3 Å². The van der Waals surface area contributed by atoms with Crippen molar-refractivity contribution in [3.05, 3.63) is 5.01 Å². The first-order valence-electron chi connectivity index (χ1n) is 8.07. The van der Waals surface area contributed by atoms with Crippen molar-refractivity contribution >= 4 is 34.2 Å². The molecule has 7 nitrogen and oxygen atoms in total. The van der Waals surface area contributed by atoms with Gasteiger partial charge in [-0.3, -0.25) is 24.6 Å². The summed E-state index contributed by atoms with van der Waals surface area (Å²) in [5.74, 6) is -1.23. The number of amides is 3. The summed E-state index contributed by atoms with van der Waals surface area (Å²) in [5, 5.41) is 11.8. The van der Waals surface area contributed by atoms with Gasteiger partial charge < -0.3 is 0 Å². The van der Waals surface area contributed by atoms with Crippen molar-refractivity contribution in [1.29, 1.82) is 0 Å². The van der Waals surface area contributed by atoms with Crippen LogP contribution in [0, 0.1) is 11.8 Å². The molecule has 1 aliphatic heterocycles. The van der Waals surface area contributed by atoms with E-state index in [0.29, 0.717) is 5.13 Å². The molecule has 1 N–H and O–H groups in total. The molecule has 23 heavy (non-hydrogen) atoms. The highest BCUT2D eigenvalue weighted by atomic mass is 32.1. The number of fused-ring (bicyclic) bond motifs is 1. The minimum atomic E-state index is -0.399. The molecular formula is C15H20N4O3S. The second-order valence-electron chi connectivity index (χ2n) is 6.06. The van der Waals surface area contributed by atoms with Gasteiger partial charge in [0, 0.05) is 6.42 Å². The Morgan fingerprint density at radius 2 is 1.87 bits per heavy atom. The summed E-state index contributed by atoms with van der Waals surface area (Å²) in [6, 6.07) is 0. The van der Waals surface area contributed by atoms with Crippen molar-refractivity contribution < 1.29 is 14.4 Å². The average Bonchev–Trinajstić information content (AvgIpc) is 3.07. The molecule has 0 bridgehead atoms. The number of aromatic nitrogens is 2. The van der Waals surface area contributed by atoms with Crippen LogP contribution in [0.4, 0.5) is 5.13 Å². The molecule has 0 radical (unpaired) electrons. The monoisotopic (exact) mass is 336 g/mol. The Bertz CT molecular complexity index is 606. The number of nitrogens with one attached hydrogen (secondary N) is 1. The van der Waals surface area contributed by atoms with Gasteiger partial charge in [0.05, 0.1) is 11.8 Å². The number of likely N-dealkylation sites (tertiary alicyclic amines) is 1. The molecule has 3 amide bonds. The maximum Gasteiger partial charge on any atom is 0.246 e. The van der Waals surface area contributed by atoms with Crippen molar-refractivity contribution in [2.75, 3.05) is 11.9 Å². The van der Waals surface area contributed by atoms with Gasteiger partial charge in [0.15, 0.2) is 0 Å². The molecule has 1 aromatic heterocycles. The van der Waals surface area contributed by atoms with Gasteiger partial charge in [-0.15, -0.1) is 10.2 Å². The molecule has 2 aliphatic rings. The smallest absolute Gasteiger partial charge is 0.246 e. The van der Waals surface area contributed by atoms with Crippen LogP contribution < -0.4 is 5.32 Å². The third-order valence-corrected chi connectivity index (χ3v) is 5.31. The lowest BCUT2D eigenvalue weighted by Crippen LogP contribution is -2.38. The first kappa shape index (κ1) is 16.0. The predicted octanol–water partition coefficient (Wildman–Crippen LogP) is 1.60. The van der Waals surface area contributed by atoms with Crippen LogP contribution in [0.25, 0.3) is 0 Å². The molecule has 2 atom stereocenters. The number of aryl methyl sites for hydroxylation is 1. The minimum Gasteiger partial charge on any atom is -0.299 e. The molecule has 0 aromatic carbocycles. The maximum absolute atomic E-state index is 12.3. The maximum atomic E-state index is 12.3. The molecule has 2 fully saturated rings. The van der Waals surface area contributed by atoms with Gasteiger partial charge in [0.25, 0.3) is 0 Å². The SMILES string of the molecule is CCCc1nnc(NC(=O)CN2C(=O)[C@@H]3CCCC[C@H]3C2=O)s1. The molecule has 1 saturated carbocycles. The minimum absolute atomic E-state index is 0.196. The van der Waals surface area contributed by atoms with Crippen molar-refractivity contribution in [2.24, 2.45) is 11.8 Å². The van der Waals surface area contributed by atoms with Crippen LogP contribution >= 0.6 is 11.3 Å². The van der Waals surface area contributed by atoms with E-state index in [4.69, 9.17) is 0 Å². The fraction of sp³-hybridized carbons (Fsp3) is 0.667. The molecule has 1 aromatic rings. The van der Waals surface area contributed by atoms with E-state index < -0.39 is 5.91 Å². The lowest BCUT2D eigenvalue weighted by Gasteiger charge is -2.19. The molecule has 1 aliphatic carbocycles. The molecule has 0 unspecified atom stereocenters. The van der Waals surface area contributed by atoms with E-state index in [0.717, 1.165) is 48.4 Å². The van der Waals surface area contributed by atoms with Crippen LogP contribution in [-0.2, 0) is 20.8 Å². The molecule has 1 saturated heterocycles. The summed E-state index contributed by atoms with van der Waals surface area (Å²) in [4.78, 5) is 37.9. The number of imide groups is 1. The second-order valence-corrected chi connectivity index (χ2v) is 7.12. The molecule has 0 spiro atoms. The second kappa shape index (κ2) is 6.74. The van der Waals surface area contributed by atoms with E-state index in [1.54, 1.807) is 0 Å². The van der Waals surface area contributed by atoms with Gasteiger partial charge in [-0.1, -0.05) is 31.1 Å². The predicted molar refractivity (Wildman–Crippen MR) is 84.7 cm³/mol. The Morgan fingerprint density at radius 1 is 1.22 bits per heavy atom. The molecule has 8 heteroatoms. The first-order valence-corrected chi connectivity index (χ1v) is 8.89. The van der Waals surface area contributed by atoms with E-state index in [1.165, 1.54) is 11.3 Å². The number of carbonyl (C=O) groups excluding carboxylic acids is 3. The van der Waals surface area contributed by atoms with Crippen LogP contribution in [0.5, 0.6) is 0 Å². The van der Waals surface area contributed by atoms with E-state index in [9.17, 15) is 14.4 Å². The van der Waals surface area contributed by atoms with Crippen LogP contribution in [0.1, 0.15) is 44.0 Å². The van der Waals surface area contributed by atoms with Gasteiger partial charge in [0.2, 0.25) is 22.9 Å². The quantitative estimate of drug-likeness (QED) is 0.825. The number of carbonyl (C=O) groups is 3. The van der Waals surface area contributed by atoms with Crippen LogP contribution in [-0.4, -0.2) is 39.4 Å². The summed E-state index contributed by atoms with van der Waals surface area (Å²) in [5.41, 5.74) is 0. The molecule has 3 rings (SSSR count). The summed E-state index contributed by atoms with van der Waals surface area (Å²) in [6.45, 7) is 1.82. The van der Waals surface area contributed by atoms with Crippen molar-refractivity contribution in [1.82, 2.24) is 15.1 Å². The molecule has 124 valence electrons. The fourth-order valence-electron chi connectivity index (χ4n) is 3.31. The number of rotatable bonds is 5. The van der Waals surface area contributed by atoms with Gasteiger partial charge >= 0.3 is 0 Å². The Morgan fingerprint density at radius 3 is 2.48 bits per heavy atom. The van der Waals surface area contributed by atoms with Crippen LogP contribution in [0.2, 0.25) is 0 Å². The zero-order chi connectivity index (χ0) is 16.4. The summed E-state index contributed by atoms with van der Waals surface area (Å²) >= 11 is 1.32. The van der Waals surface area contributed by atoms with Crippen molar-refractivity contribution in [2.45, 2.75) is 45.4 Å². The lowest BCUT2D eigenvalue weighted by atomic mass is 9.81. The van der Waals surface area contributed by atoms with E-state index >= 15 is 0 Å². The van der Waals surface area contributed by atoms with Gasteiger partial charge in [-0.2, -0.15) is 0 Å². The largest absolute Gasteiger partial charge is 0.299 e. The van der Waals surface area contributed by atoms with Crippen molar-refractivity contribution in [3.8, 4) is 0 Å².